The number of rotatable bonds is 32. The Morgan fingerprint density at radius 1 is 0.366 bits per heavy atom. The lowest BCUT2D eigenvalue weighted by Crippen LogP contribution is -2.50. The first-order valence-corrected chi connectivity index (χ1v) is 19.1. The fourth-order valence-corrected chi connectivity index (χ4v) is 5.99. The summed E-state index contributed by atoms with van der Waals surface area (Å²) in [7, 11) is 0. The molecule has 0 saturated heterocycles. The van der Waals surface area contributed by atoms with E-state index in [0.717, 1.165) is 12.8 Å². The minimum Gasteiger partial charge on any atom is -0.550 e. The Hall–Kier alpha value is -0.570. The molecule has 0 saturated carbocycles. The molecule has 0 spiro atoms. The second-order valence-electron chi connectivity index (χ2n) is 13.1. The molecule has 0 aromatic rings. The van der Waals surface area contributed by atoms with Crippen LogP contribution in [0.2, 0.25) is 0 Å². The summed E-state index contributed by atoms with van der Waals surface area (Å²) in [6.07, 6.45) is 36.8. The maximum absolute atomic E-state index is 10.3. The van der Waals surface area contributed by atoms with Crippen LogP contribution < -0.4 is 5.11 Å². The lowest BCUT2D eigenvalue weighted by Gasteiger charge is -2.39. The van der Waals surface area contributed by atoms with Crippen LogP contribution in [0.3, 0.4) is 0 Å². The highest BCUT2D eigenvalue weighted by Crippen LogP contribution is 2.17. The van der Waals surface area contributed by atoms with E-state index in [1.807, 2.05) is 0 Å². The molecule has 3 nitrogen and oxygen atoms in total. The van der Waals surface area contributed by atoms with E-state index in [4.69, 9.17) is 0 Å². The van der Waals surface area contributed by atoms with Gasteiger partial charge in [-0.25, -0.2) is 0 Å². The summed E-state index contributed by atoms with van der Waals surface area (Å²) in [6, 6.07) is 0. The molecule has 0 heterocycles. The summed E-state index contributed by atoms with van der Waals surface area (Å²) in [5.74, 6) is -0.901. The van der Waals surface area contributed by atoms with Crippen LogP contribution in [0.5, 0.6) is 0 Å². The summed E-state index contributed by atoms with van der Waals surface area (Å²) in [5, 5.41) is 10.3. The van der Waals surface area contributed by atoms with E-state index < -0.39 is 5.97 Å². The third kappa shape index (κ3) is 33.8. The van der Waals surface area contributed by atoms with Gasteiger partial charge in [0.1, 0.15) is 0 Å². The molecule has 0 aromatic heterocycles. The Morgan fingerprint density at radius 3 is 0.805 bits per heavy atom. The number of carboxylic acid groups (broad SMARTS) is 1. The molecular weight excluding hydrogens is 502 g/mol. The molecule has 0 aliphatic rings. The van der Waals surface area contributed by atoms with Crippen molar-refractivity contribution in [3.8, 4) is 0 Å². The van der Waals surface area contributed by atoms with Crippen LogP contribution in [0.15, 0.2) is 0 Å². The highest BCUT2D eigenvalue weighted by Gasteiger charge is 2.24. The number of carbonyl (C=O) groups is 1. The van der Waals surface area contributed by atoms with Crippen molar-refractivity contribution in [3.05, 3.63) is 0 Å². The van der Waals surface area contributed by atoms with Crippen molar-refractivity contribution in [3.63, 3.8) is 0 Å². The fraction of sp³-hybridized carbons (Fsp3) is 0.974. The number of hydrogen-bond acceptors (Lipinski definition) is 2. The van der Waals surface area contributed by atoms with Gasteiger partial charge in [0.25, 0.3) is 0 Å². The van der Waals surface area contributed by atoms with Gasteiger partial charge in [0.05, 0.1) is 26.2 Å². The molecule has 0 aliphatic carbocycles. The maximum atomic E-state index is 10.3. The van der Waals surface area contributed by atoms with Crippen LogP contribution in [-0.4, -0.2) is 36.6 Å². The zero-order chi connectivity index (χ0) is 30.7. The van der Waals surface area contributed by atoms with E-state index in [9.17, 15) is 9.90 Å². The van der Waals surface area contributed by atoms with Gasteiger partial charge < -0.3 is 14.4 Å². The van der Waals surface area contributed by atoms with E-state index >= 15 is 0 Å². The van der Waals surface area contributed by atoms with Gasteiger partial charge in [-0.05, 0) is 38.5 Å². The molecule has 0 aliphatic heterocycles. The molecule has 0 unspecified atom stereocenters. The van der Waals surface area contributed by atoms with Crippen molar-refractivity contribution < 1.29 is 14.4 Å². The van der Waals surface area contributed by atoms with E-state index in [0.29, 0.717) is 0 Å². The molecular formula is C38H79NO2. The zero-order valence-corrected chi connectivity index (χ0v) is 29.4. The smallest absolute Gasteiger partial charge is 0.0786 e. The zero-order valence-electron chi connectivity index (χ0n) is 29.4. The number of nitrogens with zero attached hydrogens (tertiary/aromatic N) is 1. The van der Waals surface area contributed by atoms with Gasteiger partial charge in [0, 0.05) is 5.97 Å². The van der Waals surface area contributed by atoms with E-state index in [1.165, 1.54) is 191 Å². The first kappa shape index (κ1) is 42.6. The molecule has 0 bridgehead atoms. The monoisotopic (exact) mass is 582 g/mol. The lowest BCUT2D eigenvalue weighted by molar-refractivity contribution is -0.929. The van der Waals surface area contributed by atoms with Crippen molar-refractivity contribution >= 4 is 5.97 Å². The predicted molar refractivity (Wildman–Crippen MR) is 182 cm³/mol. The molecule has 0 rings (SSSR count). The van der Waals surface area contributed by atoms with Gasteiger partial charge in [-0.3, -0.25) is 0 Å². The van der Waals surface area contributed by atoms with Crippen molar-refractivity contribution in [1.29, 1.82) is 0 Å². The first-order valence-electron chi connectivity index (χ1n) is 19.1. The highest BCUT2D eigenvalue weighted by molar-refractivity contribution is 5.64. The number of aliphatic carboxylic acids is 1. The third-order valence-corrected chi connectivity index (χ3v) is 8.93. The van der Waals surface area contributed by atoms with E-state index in [1.54, 1.807) is 0 Å². The average Bonchev–Trinajstić information content (AvgIpc) is 2.97. The number of unbranched alkanes of at least 4 members (excludes halogenated alkanes) is 22. The molecule has 0 radical (unpaired) electrons. The predicted octanol–water partition coefficient (Wildman–Crippen LogP) is 11.6. The summed E-state index contributed by atoms with van der Waals surface area (Å²) in [5.41, 5.74) is 0. The molecule has 0 amide bonds. The SMILES string of the molecule is CCCCCCCCCCCCCCCCCCCCCC(=O)[O-].CCCC[N+](CCCC)(CCCC)CCCC. The van der Waals surface area contributed by atoms with Crippen molar-refractivity contribution in [2.75, 3.05) is 26.2 Å². The van der Waals surface area contributed by atoms with E-state index in [-0.39, 0.29) is 6.42 Å². The largest absolute Gasteiger partial charge is 0.550 e. The Balaban J connectivity index is 0. The lowest BCUT2D eigenvalue weighted by atomic mass is 10.0. The van der Waals surface area contributed by atoms with Crippen LogP contribution >= 0.6 is 0 Å². The molecule has 248 valence electrons. The quantitative estimate of drug-likeness (QED) is 0.0585. The summed E-state index contributed by atoms with van der Waals surface area (Å²) < 4.78 is 1.42. The Kier molecular flexibility index (Phi) is 37.0. The van der Waals surface area contributed by atoms with Crippen molar-refractivity contribution in [2.24, 2.45) is 0 Å². The summed E-state index contributed by atoms with van der Waals surface area (Å²) >= 11 is 0. The van der Waals surface area contributed by atoms with Crippen LogP contribution in [-0.2, 0) is 4.79 Å². The minimum atomic E-state index is -0.901. The topological polar surface area (TPSA) is 40.1 Å². The van der Waals surface area contributed by atoms with Crippen molar-refractivity contribution in [2.45, 2.75) is 214 Å². The second kappa shape index (κ2) is 35.6. The molecule has 41 heavy (non-hydrogen) atoms. The minimum absolute atomic E-state index is 0.235. The van der Waals surface area contributed by atoms with Crippen LogP contribution in [0.25, 0.3) is 0 Å². The Bertz CT molecular complexity index is 455. The van der Waals surface area contributed by atoms with E-state index in [2.05, 4.69) is 34.6 Å². The van der Waals surface area contributed by atoms with Gasteiger partial charge in [0.2, 0.25) is 0 Å². The normalized spacial score (nSPS) is 11.4. The van der Waals surface area contributed by atoms with Gasteiger partial charge in [-0.15, -0.1) is 0 Å². The molecule has 3 heteroatoms. The number of hydrogen-bond donors (Lipinski definition) is 0. The Labute approximate surface area is 260 Å². The molecule has 0 aromatic carbocycles. The van der Waals surface area contributed by atoms with Crippen LogP contribution in [0.1, 0.15) is 214 Å². The summed E-state index contributed by atoms with van der Waals surface area (Å²) in [4.78, 5) is 10.3. The van der Waals surface area contributed by atoms with Gasteiger partial charge >= 0.3 is 0 Å². The average molecular weight is 582 g/mol. The van der Waals surface area contributed by atoms with Gasteiger partial charge in [0.15, 0.2) is 0 Å². The molecule has 0 fully saturated rings. The van der Waals surface area contributed by atoms with Gasteiger partial charge in [-0.1, -0.05) is 176 Å². The van der Waals surface area contributed by atoms with Crippen LogP contribution in [0, 0.1) is 0 Å². The van der Waals surface area contributed by atoms with Crippen LogP contribution in [0.4, 0.5) is 0 Å². The Morgan fingerprint density at radius 2 is 0.585 bits per heavy atom. The second-order valence-corrected chi connectivity index (χ2v) is 13.1. The number of quaternary nitrogens is 1. The standard InChI is InChI=1S/C22H44O2.C16H36N/c1-2-3-4-5-6-7-8-9-10-11-12-13-14-15-16-17-18-19-20-21-22(23)24;1-5-9-13-17(14-10-6-2,15-11-7-3)16-12-8-4/h2-21H2,1H3,(H,23,24);5-16H2,1-4H3/q;+1/p-1. The van der Waals surface area contributed by atoms with Crippen molar-refractivity contribution in [1.82, 2.24) is 0 Å². The summed E-state index contributed by atoms with van der Waals surface area (Å²) in [6.45, 7) is 17.3. The number of carbonyl (C=O) groups excluding carboxylic acids is 1. The third-order valence-electron chi connectivity index (χ3n) is 8.93. The van der Waals surface area contributed by atoms with Gasteiger partial charge in [-0.2, -0.15) is 0 Å². The maximum Gasteiger partial charge on any atom is 0.0786 e. The molecule has 0 atom stereocenters. The first-order chi connectivity index (χ1) is 20.0. The number of carboxylic acids is 1. The fourth-order valence-electron chi connectivity index (χ4n) is 5.99. The molecule has 0 N–H and O–H groups in total. The highest BCUT2D eigenvalue weighted by atomic mass is 16.4.